The third kappa shape index (κ3) is 3.61. The van der Waals surface area contributed by atoms with Crippen LogP contribution in [0.4, 0.5) is 0 Å². The quantitative estimate of drug-likeness (QED) is 0.293. The van der Waals surface area contributed by atoms with Crippen LogP contribution >= 0.6 is 15.9 Å². The molecule has 0 atom stereocenters. The lowest BCUT2D eigenvalue weighted by Gasteiger charge is -1.79. The van der Waals surface area contributed by atoms with Gasteiger partial charge in [-0.05, 0) is 22.0 Å². The maximum Gasteiger partial charge on any atom is 0.0607 e. The molecule has 44 valence electrons. The highest BCUT2D eigenvalue weighted by Gasteiger charge is 1.76. The molecule has 0 rings (SSSR count). The molecule has 0 aliphatic carbocycles. The average molecular weight is 175 g/mol. The van der Waals surface area contributed by atoms with Crippen molar-refractivity contribution >= 4 is 22.1 Å². The van der Waals surface area contributed by atoms with Gasteiger partial charge in [0.2, 0.25) is 0 Å². The minimum atomic E-state index is 0.815. The lowest BCUT2D eigenvalue weighted by molar-refractivity contribution is 1.27. The molecule has 0 aliphatic heterocycles. The van der Waals surface area contributed by atoms with Crippen molar-refractivity contribution in [1.82, 2.24) is 0 Å². The lowest BCUT2D eigenvalue weighted by Crippen LogP contribution is -1.80. The topological polar surface area (TPSA) is 38.4 Å². The summed E-state index contributed by atoms with van der Waals surface area (Å²) in [4.78, 5) is 0. The average Bonchev–Trinajstić information content (AvgIpc) is 1.68. The SMILES string of the molecule is C=C/C=C(Br)\C=N/N. The van der Waals surface area contributed by atoms with Crippen molar-refractivity contribution in [2.24, 2.45) is 10.9 Å². The first-order chi connectivity index (χ1) is 3.81. The molecule has 0 bridgehead atoms. The number of halogens is 1. The van der Waals surface area contributed by atoms with E-state index in [1.54, 1.807) is 12.2 Å². The molecule has 0 saturated carbocycles. The monoisotopic (exact) mass is 174 g/mol. The van der Waals surface area contributed by atoms with Gasteiger partial charge in [-0.2, -0.15) is 5.10 Å². The molecule has 0 aromatic heterocycles. The molecule has 0 radical (unpaired) electrons. The van der Waals surface area contributed by atoms with Crippen molar-refractivity contribution in [3.8, 4) is 0 Å². The van der Waals surface area contributed by atoms with Crippen molar-refractivity contribution in [1.29, 1.82) is 0 Å². The molecule has 0 unspecified atom stereocenters. The Bertz CT molecular complexity index is 126. The number of hydrazone groups is 1. The first-order valence-corrected chi connectivity index (χ1v) is 2.82. The van der Waals surface area contributed by atoms with E-state index < -0.39 is 0 Å². The van der Waals surface area contributed by atoms with Crippen LogP contribution in [0.1, 0.15) is 0 Å². The highest BCUT2D eigenvalue weighted by Crippen LogP contribution is 1.98. The Morgan fingerprint density at radius 1 is 1.75 bits per heavy atom. The highest BCUT2D eigenvalue weighted by molar-refractivity contribution is 9.12. The molecule has 0 aromatic rings. The molecule has 0 amide bonds. The van der Waals surface area contributed by atoms with Gasteiger partial charge in [-0.1, -0.05) is 12.7 Å². The van der Waals surface area contributed by atoms with E-state index in [1.807, 2.05) is 0 Å². The zero-order valence-electron chi connectivity index (χ0n) is 4.34. The van der Waals surface area contributed by atoms with Crippen LogP contribution in [0.15, 0.2) is 28.3 Å². The maximum atomic E-state index is 4.82. The van der Waals surface area contributed by atoms with E-state index in [9.17, 15) is 0 Å². The number of hydrogen-bond acceptors (Lipinski definition) is 2. The predicted octanol–water partition coefficient (Wildman–Crippen LogP) is 1.40. The van der Waals surface area contributed by atoms with E-state index in [-0.39, 0.29) is 0 Å². The van der Waals surface area contributed by atoms with Gasteiger partial charge in [-0.25, -0.2) is 0 Å². The Kier molecular flexibility index (Phi) is 4.26. The van der Waals surface area contributed by atoms with E-state index in [4.69, 9.17) is 5.84 Å². The van der Waals surface area contributed by atoms with Crippen molar-refractivity contribution in [3.05, 3.63) is 23.2 Å². The van der Waals surface area contributed by atoms with Gasteiger partial charge in [0.05, 0.1) is 6.21 Å². The van der Waals surface area contributed by atoms with Crippen LogP contribution in [-0.4, -0.2) is 6.21 Å². The number of allylic oxidation sites excluding steroid dienone is 3. The zero-order valence-corrected chi connectivity index (χ0v) is 5.93. The molecule has 0 aromatic carbocycles. The van der Waals surface area contributed by atoms with Crippen LogP contribution in [0.5, 0.6) is 0 Å². The van der Waals surface area contributed by atoms with Crippen LogP contribution in [-0.2, 0) is 0 Å². The molecule has 8 heavy (non-hydrogen) atoms. The summed E-state index contributed by atoms with van der Waals surface area (Å²) in [6.45, 7) is 3.47. The Hall–Kier alpha value is -0.570. The number of nitrogens with zero attached hydrogens (tertiary/aromatic N) is 1. The molecule has 0 spiro atoms. The van der Waals surface area contributed by atoms with Crippen LogP contribution in [0, 0.1) is 0 Å². The van der Waals surface area contributed by atoms with Crippen molar-refractivity contribution in [3.63, 3.8) is 0 Å². The van der Waals surface area contributed by atoms with Gasteiger partial charge >= 0.3 is 0 Å². The van der Waals surface area contributed by atoms with E-state index in [2.05, 4.69) is 27.6 Å². The van der Waals surface area contributed by atoms with E-state index >= 15 is 0 Å². The second-order valence-electron chi connectivity index (χ2n) is 1.07. The molecule has 0 saturated heterocycles. The Balaban J connectivity index is 3.79. The van der Waals surface area contributed by atoms with Crippen molar-refractivity contribution < 1.29 is 0 Å². The van der Waals surface area contributed by atoms with Gasteiger partial charge in [-0.15, -0.1) is 0 Å². The first-order valence-electron chi connectivity index (χ1n) is 2.02. The zero-order chi connectivity index (χ0) is 6.41. The van der Waals surface area contributed by atoms with Gasteiger partial charge in [0.25, 0.3) is 0 Å². The largest absolute Gasteiger partial charge is 0.323 e. The summed E-state index contributed by atoms with van der Waals surface area (Å²) in [6.07, 6.45) is 4.88. The molecule has 0 aliphatic rings. The Morgan fingerprint density at radius 2 is 2.38 bits per heavy atom. The first kappa shape index (κ1) is 7.43. The number of nitrogens with two attached hydrogens (primary N) is 1. The van der Waals surface area contributed by atoms with Gasteiger partial charge < -0.3 is 5.84 Å². The van der Waals surface area contributed by atoms with Gasteiger partial charge in [-0.3, -0.25) is 0 Å². The third-order valence-electron chi connectivity index (χ3n) is 0.475. The summed E-state index contributed by atoms with van der Waals surface area (Å²) >= 11 is 3.16. The van der Waals surface area contributed by atoms with E-state index in [0.717, 1.165) is 4.48 Å². The lowest BCUT2D eigenvalue weighted by atomic mass is 10.5. The summed E-state index contributed by atoms with van der Waals surface area (Å²) < 4.78 is 0.815. The molecule has 2 N–H and O–H groups in total. The maximum absolute atomic E-state index is 4.82. The smallest absolute Gasteiger partial charge is 0.0607 e. The molecular weight excluding hydrogens is 168 g/mol. The minimum absolute atomic E-state index is 0.815. The molecule has 2 nitrogen and oxygen atoms in total. The fourth-order valence-electron chi connectivity index (χ4n) is 0.227. The Labute approximate surface area is 56.9 Å². The van der Waals surface area contributed by atoms with Crippen LogP contribution in [0.2, 0.25) is 0 Å². The molecular formula is C5H7BrN2. The summed E-state index contributed by atoms with van der Waals surface area (Å²) in [5.74, 6) is 4.82. The predicted molar refractivity (Wildman–Crippen MR) is 39.9 cm³/mol. The fraction of sp³-hybridized carbons (Fsp3) is 0. The molecule has 0 fully saturated rings. The second-order valence-corrected chi connectivity index (χ2v) is 1.98. The number of hydrogen-bond donors (Lipinski definition) is 1. The Morgan fingerprint density at radius 3 is 2.75 bits per heavy atom. The van der Waals surface area contributed by atoms with Gasteiger partial charge in [0, 0.05) is 4.48 Å². The fourth-order valence-corrected chi connectivity index (χ4v) is 0.532. The third-order valence-corrected chi connectivity index (χ3v) is 0.944. The normalized spacial score (nSPS) is 12.4. The van der Waals surface area contributed by atoms with Crippen molar-refractivity contribution in [2.45, 2.75) is 0 Å². The second kappa shape index (κ2) is 4.59. The van der Waals surface area contributed by atoms with E-state index in [0.29, 0.717) is 0 Å². The molecule has 3 heteroatoms. The molecule has 0 heterocycles. The van der Waals surface area contributed by atoms with E-state index in [1.165, 1.54) is 6.21 Å². The summed E-state index contributed by atoms with van der Waals surface area (Å²) in [5, 5.41) is 3.27. The van der Waals surface area contributed by atoms with Crippen molar-refractivity contribution in [2.75, 3.05) is 0 Å². The minimum Gasteiger partial charge on any atom is -0.323 e. The standard InChI is InChI=1S/C5H7BrN2/c1-2-3-5(6)4-8-7/h2-4H,1,7H2/b5-3+,8-4-. The highest BCUT2D eigenvalue weighted by atomic mass is 79.9. The summed E-state index contributed by atoms with van der Waals surface area (Å²) in [6, 6.07) is 0. The van der Waals surface area contributed by atoms with Gasteiger partial charge in [0.15, 0.2) is 0 Å². The summed E-state index contributed by atoms with van der Waals surface area (Å²) in [5.41, 5.74) is 0. The van der Waals surface area contributed by atoms with Crippen LogP contribution < -0.4 is 5.84 Å². The summed E-state index contributed by atoms with van der Waals surface area (Å²) in [7, 11) is 0. The van der Waals surface area contributed by atoms with Crippen LogP contribution in [0.3, 0.4) is 0 Å². The van der Waals surface area contributed by atoms with Gasteiger partial charge in [0.1, 0.15) is 0 Å². The van der Waals surface area contributed by atoms with Crippen LogP contribution in [0.25, 0.3) is 0 Å². The number of rotatable bonds is 2.